The van der Waals surface area contributed by atoms with E-state index in [2.05, 4.69) is 4.74 Å². The third kappa shape index (κ3) is 6.37. The van der Waals surface area contributed by atoms with Crippen molar-refractivity contribution in [3.8, 4) is 16.9 Å². The minimum atomic E-state index is -4.53. The highest BCUT2D eigenvalue weighted by Gasteiger charge is 2.42. The quantitative estimate of drug-likeness (QED) is 0.256. The van der Waals surface area contributed by atoms with E-state index in [1.807, 2.05) is 6.92 Å². The molecule has 1 heterocycles. The first-order valence-corrected chi connectivity index (χ1v) is 12.2. The Balaban J connectivity index is 1.52. The van der Waals surface area contributed by atoms with Crippen molar-refractivity contribution in [2.75, 3.05) is 26.4 Å². The second-order valence-electron chi connectivity index (χ2n) is 8.93. The van der Waals surface area contributed by atoms with E-state index in [0.717, 1.165) is 18.2 Å². The smallest absolute Gasteiger partial charge is 0.429 e. The third-order valence-corrected chi connectivity index (χ3v) is 6.13. The molecule has 11 heteroatoms. The first kappa shape index (κ1) is 28.8. The molecule has 3 aromatic carbocycles. The summed E-state index contributed by atoms with van der Waals surface area (Å²) in [5, 5.41) is 0. The average molecular weight is 558 g/mol. The Hall–Kier alpha value is -3.15. The van der Waals surface area contributed by atoms with Crippen LogP contribution in [0.5, 0.6) is 5.75 Å². The molecule has 0 atom stereocenters. The molecule has 210 valence electrons. The molecule has 1 aliphatic rings. The van der Waals surface area contributed by atoms with Gasteiger partial charge in [-0.05, 0) is 60.9 Å². The van der Waals surface area contributed by atoms with E-state index in [9.17, 15) is 30.7 Å². The molecular weight excluding hydrogens is 533 g/mol. The van der Waals surface area contributed by atoms with Crippen LogP contribution in [0, 0.1) is 35.0 Å². The summed E-state index contributed by atoms with van der Waals surface area (Å²) in [7, 11) is 0. The maximum absolute atomic E-state index is 14.9. The number of aryl methyl sites for hydroxylation is 1. The lowest BCUT2D eigenvalue weighted by Crippen LogP contribution is -2.31. The molecule has 1 saturated heterocycles. The van der Waals surface area contributed by atoms with E-state index in [1.165, 1.54) is 6.07 Å². The van der Waals surface area contributed by atoms with Crippen LogP contribution in [0.15, 0.2) is 42.5 Å². The number of benzene rings is 3. The minimum Gasteiger partial charge on any atom is -0.429 e. The van der Waals surface area contributed by atoms with Crippen molar-refractivity contribution >= 4 is 0 Å². The van der Waals surface area contributed by atoms with Crippen LogP contribution in [-0.4, -0.2) is 26.4 Å². The number of hydrogen-bond acceptors (Lipinski definition) is 4. The molecule has 0 radical (unpaired) electrons. The second kappa shape index (κ2) is 11.9. The van der Waals surface area contributed by atoms with Crippen molar-refractivity contribution < 1.29 is 49.7 Å². The minimum absolute atomic E-state index is 0.0000104. The molecular formula is C28H25F7O4. The Labute approximate surface area is 220 Å². The third-order valence-electron chi connectivity index (χ3n) is 6.13. The van der Waals surface area contributed by atoms with Gasteiger partial charge in [-0.25, -0.2) is 22.0 Å². The SMILES string of the molecule is CCOCC1COC(c2cc(F)c(C(F)(F)Oc3ccc(-c4cc(F)c(F)c(CC)c4)c(F)c3)c(F)c2)OC1. The number of halogens is 7. The van der Waals surface area contributed by atoms with Crippen molar-refractivity contribution in [2.45, 2.75) is 32.7 Å². The zero-order chi connectivity index (χ0) is 28.3. The van der Waals surface area contributed by atoms with Crippen LogP contribution in [0.25, 0.3) is 11.1 Å². The first-order valence-electron chi connectivity index (χ1n) is 12.2. The van der Waals surface area contributed by atoms with E-state index in [0.29, 0.717) is 31.4 Å². The van der Waals surface area contributed by atoms with Crippen molar-refractivity contribution in [1.82, 2.24) is 0 Å². The monoisotopic (exact) mass is 558 g/mol. The normalized spacial score (nSPS) is 17.9. The zero-order valence-corrected chi connectivity index (χ0v) is 21.0. The molecule has 4 nitrogen and oxygen atoms in total. The Morgan fingerprint density at radius 2 is 1.51 bits per heavy atom. The van der Waals surface area contributed by atoms with Gasteiger partial charge in [-0.1, -0.05) is 6.92 Å². The predicted octanol–water partition coefficient (Wildman–Crippen LogP) is 7.44. The molecule has 0 unspecified atom stereocenters. The van der Waals surface area contributed by atoms with E-state index >= 15 is 0 Å². The van der Waals surface area contributed by atoms with Crippen molar-refractivity contribution in [3.63, 3.8) is 0 Å². The van der Waals surface area contributed by atoms with E-state index in [-0.39, 0.29) is 47.8 Å². The fraction of sp³-hybridized carbons (Fsp3) is 0.357. The highest BCUT2D eigenvalue weighted by Crippen LogP contribution is 2.38. The molecule has 0 amide bonds. The molecule has 0 aliphatic carbocycles. The highest BCUT2D eigenvalue weighted by molar-refractivity contribution is 5.66. The number of hydrogen-bond donors (Lipinski definition) is 0. The van der Waals surface area contributed by atoms with Gasteiger partial charge in [0.05, 0.1) is 19.8 Å². The molecule has 3 aromatic rings. The van der Waals surface area contributed by atoms with Crippen LogP contribution >= 0.6 is 0 Å². The second-order valence-corrected chi connectivity index (χ2v) is 8.93. The number of rotatable bonds is 9. The molecule has 0 saturated carbocycles. The van der Waals surface area contributed by atoms with Crippen LogP contribution in [0.1, 0.15) is 36.8 Å². The molecule has 39 heavy (non-hydrogen) atoms. The Bertz CT molecular complexity index is 1300. The standard InChI is InChI=1S/C28H25F7O4/c1-3-16-7-17(8-24(32)26(16)33)20-6-5-19(11-21(20)29)39-28(34,35)25-22(30)9-18(10-23(25)31)27-37-13-15(14-38-27)12-36-4-2/h5-11,15,27H,3-4,12-14H2,1-2H3. The van der Waals surface area contributed by atoms with Gasteiger partial charge in [-0.3, -0.25) is 0 Å². The summed E-state index contributed by atoms with van der Waals surface area (Å²) in [4.78, 5) is 0. The molecule has 4 rings (SSSR count). The van der Waals surface area contributed by atoms with Crippen LogP contribution in [0.3, 0.4) is 0 Å². The number of ether oxygens (including phenoxy) is 4. The van der Waals surface area contributed by atoms with Gasteiger partial charge in [0, 0.05) is 29.7 Å². The van der Waals surface area contributed by atoms with Gasteiger partial charge in [-0.15, -0.1) is 0 Å². The molecule has 1 aliphatic heterocycles. The zero-order valence-electron chi connectivity index (χ0n) is 21.0. The summed E-state index contributed by atoms with van der Waals surface area (Å²) in [6, 6.07) is 5.81. The maximum atomic E-state index is 14.9. The summed E-state index contributed by atoms with van der Waals surface area (Å²) in [6.07, 6.45) is -5.56. The summed E-state index contributed by atoms with van der Waals surface area (Å²) in [5.41, 5.74) is -2.07. The molecule has 0 spiro atoms. The van der Waals surface area contributed by atoms with Gasteiger partial charge in [-0.2, -0.15) is 8.78 Å². The summed E-state index contributed by atoms with van der Waals surface area (Å²) in [5.74, 6) is -7.43. The van der Waals surface area contributed by atoms with Crippen LogP contribution in [-0.2, 0) is 26.7 Å². The summed E-state index contributed by atoms with van der Waals surface area (Å²) < 4.78 is 122. The highest BCUT2D eigenvalue weighted by atomic mass is 19.3. The Morgan fingerprint density at radius 3 is 2.10 bits per heavy atom. The van der Waals surface area contributed by atoms with E-state index in [4.69, 9.17) is 14.2 Å². The first-order chi connectivity index (χ1) is 18.5. The summed E-state index contributed by atoms with van der Waals surface area (Å²) in [6.45, 7) is 4.64. The van der Waals surface area contributed by atoms with Crippen molar-refractivity contribution in [1.29, 1.82) is 0 Å². The molecule has 1 fully saturated rings. The fourth-order valence-corrected chi connectivity index (χ4v) is 4.17. The topological polar surface area (TPSA) is 36.9 Å². The van der Waals surface area contributed by atoms with Gasteiger partial charge in [0.25, 0.3) is 0 Å². The van der Waals surface area contributed by atoms with Gasteiger partial charge in [0.1, 0.15) is 28.8 Å². The summed E-state index contributed by atoms with van der Waals surface area (Å²) >= 11 is 0. The van der Waals surface area contributed by atoms with E-state index in [1.54, 1.807) is 6.92 Å². The van der Waals surface area contributed by atoms with Gasteiger partial charge in [0.15, 0.2) is 17.9 Å². The molecule has 0 bridgehead atoms. The largest absolute Gasteiger partial charge is 0.432 e. The predicted molar refractivity (Wildman–Crippen MR) is 127 cm³/mol. The lowest BCUT2D eigenvalue weighted by atomic mass is 10.0. The maximum Gasteiger partial charge on any atom is 0.432 e. The molecule has 0 N–H and O–H groups in total. The average Bonchev–Trinajstić information content (AvgIpc) is 2.88. The van der Waals surface area contributed by atoms with Gasteiger partial charge < -0.3 is 18.9 Å². The lowest BCUT2D eigenvalue weighted by molar-refractivity contribution is -0.212. The van der Waals surface area contributed by atoms with Crippen LogP contribution < -0.4 is 4.74 Å². The van der Waals surface area contributed by atoms with E-state index < -0.39 is 52.8 Å². The Morgan fingerprint density at radius 1 is 0.846 bits per heavy atom. The lowest BCUT2D eigenvalue weighted by Gasteiger charge is -2.30. The van der Waals surface area contributed by atoms with Crippen molar-refractivity contribution in [3.05, 3.63) is 88.2 Å². The molecule has 0 aromatic heterocycles. The van der Waals surface area contributed by atoms with Crippen LogP contribution in [0.4, 0.5) is 30.7 Å². The van der Waals surface area contributed by atoms with Crippen LogP contribution in [0.2, 0.25) is 0 Å². The number of alkyl halides is 2. The van der Waals surface area contributed by atoms with Crippen molar-refractivity contribution in [2.24, 2.45) is 5.92 Å². The fourth-order valence-electron chi connectivity index (χ4n) is 4.17. The van der Waals surface area contributed by atoms with Gasteiger partial charge in [0.2, 0.25) is 0 Å². The Kier molecular flexibility index (Phi) is 8.83. The van der Waals surface area contributed by atoms with Gasteiger partial charge >= 0.3 is 6.11 Å².